The van der Waals surface area contributed by atoms with E-state index in [0.29, 0.717) is 12.2 Å². The molecule has 0 aliphatic carbocycles. The lowest BCUT2D eigenvalue weighted by Gasteiger charge is -2.14. The van der Waals surface area contributed by atoms with Gasteiger partial charge in [0, 0.05) is 18.5 Å². The number of benzene rings is 1. The molecule has 1 saturated heterocycles. The van der Waals surface area contributed by atoms with Gasteiger partial charge in [0.1, 0.15) is 0 Å². The molecule has 0 aromatic heterocycles. The molecule has 0 saturated carbocycles. The largest absolute Gasteiger partial charge is 0.299 e. The maximum Gasteiger partial charge on any atom is 0.162 e. The number of hydrogen-bond acceptors (Lipinski definition) is 2. The SMILES string of the molecule is CCCCCCC(=O)c1ccc(CN2CCCC2)cc1. The van der Waals surface area contributed by atoms with Crippen molar-refractivity contribution in [3.05, 3.63) is 35.4 Å². The van der Waals surface area contributed by atoms with E-state index in [9.17, 15) is 4.79 Å². The van der Waals surface area contributed by atoms with Gasteiger partial charge in [0.05, 0.1) is 0 Å². The van der Waals surface area contributed by atoms with Crippen LogP contribution in [0, 0.1) is 0 Å². The summed E-state index contributed by atoms with van der Waals surface area (Å²) in [4.78, 5) is 14.5. The van der Waals surface area contributed by atoms with E-state index in [1.165, 1.54) is 50.8 Å². The van der Waals surface area contributed by atoms with Crippen LogP contribution in [-0.4, -0.2) is 23.8 Å². The number of likely N-dealkylation sites (tertiary alicyclic amines) is 1. The van der Waals surface area contributed by atoms with Crippen molar-refractivity contribution >= 4 is 5.78 Å². The van der Waals surface area contributed by atoms with Gasteiger partial charge >= 0.3 is 0 Å². The van der Waals surface area contributed by atoms with Crippen LogP contribution in [0.3, 0.4) is 0 Å². The van der Waals surface area contributed by atoms with Crippen molar-refractivity contribution in [2.45, 2.75) is 58.4 Å². The average molecular weight is 273 g/mol. The Kier molecular flexibility index (Phi) is 6.25. The average Bonchev–Trinajstić information content (AvgIpc) is 2.97. The van der Waals surface area contributed by atoms with Crippen LogP contribution in [0.25, 0.3) is 0 Å². The summed E-state index contributed by atoms with van der Waals surface area (Å²) in [6.07, 6.45) is 8.02. The molecule has 0 unspecified atom stereocenters. The molecular weight excluding hydrogens is 246 g/mol. The van der Waals surface area contributed by atoms with Crippen LogP contribution in [0.2, 0.25) is 0 Å². The normalized spacial score (nSPS) is 15.7. The number of nitrogens with zero attached hydrogens (tertiary/aromatic N) is 1. The first kappa shape index (κ1) is 15.2. The zero-order valence-electron chi connectivity index (χ0n) is 12.7. The molecule has 0 N–H and O–H groups in total. The van der Waals surface area contributed by atoms with E-state index in [4.69, 9.17) is 0 Å². The van der Waals surface area contributed by atoms with Crippen molar-refractivity contribution in [2.75, 3.05) is 13.1 Å². The fraction of sp³-hybridized carbons (Fsp3) is 0.611. The standard InChI is InChI=1S/C18H27NO/c1-2-3-4-5-8-18(20)17-11-9-16(10-12-17)15-19-13-6-7-14-19/h9-12H,2-8,13-15H2,1H3. The third-order valence-corrected chi connectivity index (χ3v) is 4.14. The van der Waals surface area contributed by atoms with Crippen LogP contribution in [0.15, 0.2) is 24.3 Å². The highest BCUT2D eigenvalue weighted by atomic mass is 16.1. The lowest BCUT2D eigenvalue weighted by atomic mass is 10.0. The summed E-state index contributed by atoms with van der Waals surface area (Å²) in [7, 11) is 0. The molecule has 1 aliphatic heterocycles. The fourth-order valence-electron chi connectivity index (χ4n) is 2.85. The molecule has 1 heterocycles. The van der Waals surface area contributed by atoms with Gasteiger partial charge in [-0.15, -0.1) is 0 Å². The maximum atomic E-state index is 12.1. The van der Waals surface area contributed by atoms with Crippen molar-refractivity contribution in [3.8, 4) is 0 Å². The fourth-order valence-corrected chi connectivity index (χ4v) is 2.85. The molecule has 110 valence electrons. The number of carbonyl (C=O) groups excluding carboxylic acids is 1. The minimum atomic E-state index is 0.300. The predicted molar refractivity (Wildman–Crippen MR) is 84.0 cm³/mol. The van der Waals surface area contributed by atoms with E-state index >= 15 is 0 Å². The van der Waals surface area contributed by atoms with E-state index < -0.39 is 0 Å². The summed E-state index contributed by atoms with van der Waals surface area (Å²) in [5.74, 6) is 0.300. The lowest BCUT2D eigenvalue weighted by Crippen LogP contribution is -2.18. The maximum absolute atomic E-state index is 12.1. The summed E-state index contributed by atoms with van der Waals surface area (Å²) in [5.41, 5.74) is 2.21. The number of hydrogen-bond donors (Lipinski definition) is 0. The molecule has 0 radical (unpaired) electrons. The van der Waals surface area contributed by atoms with Crippen molar-refractivity contribution in [1.29, 1.82) is 0 Å². The molecule has 2 heteroatoms. The Labute approximate surface area is 123 Å². The molecule has 0 atom stereocenters. The Hall–Kier alpha value is -1.15. The number of unbranched alkanes of at least 4 members (excludes halogenated alkanes) is 3. The first-order chi connectivity index (χ1) is 9.79. The van der Waals surface area contributed by atoms with Crippen LogP contribution >= 0.6 is 0 Å². The van der Waals surface area contributed by atoms with Gasteiger partial charge in [0.2, 0.25) is 0 Å². The first-order valence-corrected chi connectivity index (χ1v) is 8.14. The van der Waals surface area contributed by atoms with Crippen molar-refractivity contribution in [1.82, 2.24) is 4.90 Å². The van der Waals surface area contributed by atoms with Gasteiger partial charge in [-0.05, 0) is 37.9 Å². The van der Waals surface area contributed by atoms with Gasteiger partial charge in [-0.2, -0.15) is 0 Å². The van der Waals surface area contributed by atoms with Crippen molar-refractivity contribution in [3.63, 3.8) is 0 Å². The zero-order chi connectivity index (χ0) is 14.2. The van der Waals surface area contributed by atoms with Gasteiger partial charge in [-0.1, -0.05) is 50.5 Å². The van der Waals surface area contributed by atoms with E-state index in [2.05, 4.69) is 24.0 Å². The molecule has 1 aromatic carbocycles. The summed E-state index contributed by atoms with van der Waals surface area (Å²) in [5, 5.41) is 0. The number of Topliss-reactive ketones (excluding diaryl/α,β-unsaturated/α-hetero) is 1. The van der Waals surface area contributed by atoms with Gasteiger partial charge in [-0.25, -0.2) is 0 Å². The predicted octanol–water partition coefficient (Wildman–Crippen LogP) is 4.44. The van der Waals surface area contributed by atoms with Crippen LogP contribution in [0.1, 0.15) is 67.8 Å². The highest BCUT2D eigenvalue weighted by molar-refractivity contribution is 5.96. The monoisotopic (exact) mass is 273 g/mol. The second-order valence-corrected chi connectivity index (χ2v) is 5.91. The minimum absolute atomic E-state index is 0.300. The lowest BCUT2D eigenvalue weighted by molar-refractivity contribution is 0.0979. The van der Waals surface area contributed by atoms with Gasteiger partial charge in [0.15, 0.2) is 5.78 Å². The van der Waals surface area contributed by atoms with Gasteiger partial charge < -0.3 is 0 Å². The van der Waals surface area contributed by atoms with Crippen LogP contribution in [0.5, 0.6) is 0 Å². The van der Waals surface area contributed by atoms with Crippen molar-refractivity contribution < 1.29 is 4.79 Å². The van der Waals surface area contributed by atoms with Crippen molar-refractivity contribution in [2.24, 2.45) is 0 Å². The Bertz CT molecular complexity index is 404. The topological polar surface area (TPSA) is 20.3 Å². The Morgan fingerprint density at radius 1 is 1.05 bits per heavy atom. The summed E-state index contributed by atoms with van der Waals surface area (Å²) in [6, 6.07) is 8.26. The summed E-state index contributed by atoms with van der Waals surface area (Å²) >= 11 is 0. The van der Waals surface area contributed by atoms with Crippen LogP contribution < -0.4 is 0 Å². The third kappa shape index (κ3) is 4.75. The second kappa shape index (κ2) is 8.21. The Balaban J connectivity index is 1.79. The molecule has 1 fully saturated rings. The van der Waals surface area contributed by atoms with E-state index in [1.54, 1.807) is 0 Å². The summed E-state index contributed by atoms with van der Waals surface area (Å²) < 4.78 is 0. The van der Waals surface area contributed by atoms with E-state index in [0.717, 1.165) is 18.5 Å². The van der Waals surface area contributed by atoms with E-state index in [1.807, 2.05) is 12.1 Å². The highest BCUT2D eigenvalue weighted by Gasteiger charge is 2.12. The zero-order valence-corrected chi connectivity index (χ0v) is 12.7. The smallest absolute Gasteiger partial charge is 0.162 e. The quantitative estimate of drug-likeness (QED) is 0.515. The highest BCUT2D eigenvalue weighted by Crippen LogP contribution is 2.15. The minimum Gasteiger partial charge on any atom is -0.299 e. The molecule has 0 amide bonds. The molecule has 2 rings (SSSR count). The first-order valence-electron chi connectivity index (χ1n) is 8.14. The van der Waals surface area contributed by atoms with Gasteiger partial charge in [0.25, 0.3) is 0 Å². The molecular formula is C18H27NO. The number of ketones is 1. The Morgan fingerprint density at radius 3 is 2.40 bits per heavy atom. The third-order valence-electron chi connectivity index (χ3n) is 4.14. The van der Waals surface area contributed by atoms with Crippen LogP contribution in [-0.2, 0) is 6.54 Å². The molecule has 1 aliphatic rings. The molecule has 0 spiro atoms. The van der Waals surface area contributed by atoms with Crippen LogP contribution in [0.4, 0.5) is 0 Å². The molecule has 0 bridgehead atoms. The number of rotatable bonds is 8. The number of carbonyl (C=O) groups is 1. The van der Waals surface area contributed by atoms with E-state index in [-0.39, 0.29) is 0 Å². The Morgan fingerprint density at radius 2 is 1.75 bits per heavy atom. The van der Waals surface area contributed by atoms with Gasteiger partial charge in [-0.3, -0.25) is 9.69 Å². The molecule has 1 aromatic rings. The second-order valence-electron chi connectivity index (χ2n) is 5.91. The summed E-state index contributed by atoms with van der Waals surface area (Å²) in [6.45, 7) is 5.67. The molecule has 20 heavy (non-hydrogen) atoms. The molecule has 2 nitrogen and oxygen atoms in total.